The number of ether oxygens (including phenoxy) is 2. The predicted octanol–water partition coefficient (Wildman–Crippen LogP) is 8.01. The van der Waals surface area contributed by atoms with Crippen molar-refractivity contribution in [2.24, 2.45) is 35.0 Å². The zero-order valence-corrected chi connectivity index (χ0v) is 24.6. The normalized spacial score (nSPS) is 28.4. The number of methoxy groups -OCH3 is 1. The van der Waals surface area contributed by atoms with Crippen LogP contribution in [-0.2, 0) is 6.42 Å². The van der Waals surface area contributed by atoms with Gasteiger partial charge in [-0.1, -0.05) is 53.0 Å². The number of carbonyl (C=O) groups is 1. The van der Waals surface area contributed by atoms with Gasteiger partial charge in [-0.25, -0.2) is 4.79 Å². The highest BCUT2D eigenvalue weighted by atomic mass is 16.5. The molecule has 5 nitrogen and oxygen atoms in total. The van der Waals surface area contributed by atoms with Crippen LogP contribution in [0.4, 0.5) is 11.4 Å². The highest BCUT2D eigenvalue weighted by Crippen LogP contribution is 2.64. The monoisotopic (exact) mass is 532 g/mol. The Morgan fingerprint density at radius 2 is 1.85 bits per heavy atom. The highest BCUT2D eigenvalue weighted by molar-refractivity contribution is 5.97. The van der Waals surface area contributed by atoms with E-state index in [-0.39, 0.29) is 5.56 Å². The Hall–Kier alpha value is -2.69. The Morgan fingerprint density at radius 1 is 1.05 bits per heavy atom. The average molecular weight is 533 g/mol. The standard InChI is InChI=1S/C34H48N2O3/c1-20(2)7-6-8-21(3)29-13-14-30-27-11-9-22-17-24(10-12-25(22)26(27)15-16-34(29,30)4)39-33(37)28-18-23(35)19-31(36)32(28)38-5/h10,12,17-21,26-27,29-30H,6-9,11,13-16,35-36H2,1-5H3. The summed E-state index contributed by atoms with van der Waals surface area (Å²) in [6, 6.07) is 9.40. The molecular weight excluding hydrogens is 484 g/mol. The quantitative estimate of drug-likeness (QED) is 0.204. The molecule has 2 aromatic rings. The van der Waals surface area contributed by atoms with Crippen LogP contribution in [-0.4, -0.2) is 13.1 Å². The van der Waals surface area contributed by atoms with Gasteiger partial charge in [0.25, 0.3) is 0 Å². The molecule has 3 aliphatic carbocycles. The van der Waals surface area contributed by atoms with Crippen LogP contribution in [0.25, 0.3) is 0 Å². The number of rotatable bonds is 8. The molecule has 212 valence electrons. The molecule has 0 radical (unpaired) electrons. The van der Waals surface area contributed by atoms with E-state index in [1.165, 1.54) is 69.6 Å². The first-order valence-electron chi connectivity index (χ1n) is 15.2. The number of hydrogen-bond donors (Lipinski definition) is 2. The van der Waals surface area contributed by atoms with E-state index in [0.29, 0.717) is 34.2 Å². The first-order chi connectivity index (χ1) is 18.6. The van der Waals surface area contributed by atoms with Gasteiger partial charge in [-0.3, -0.25) is 0 Å². The maximum atomic E-state index is 13.0. The van der Waals surface area contributed by atoms with Gasteiger partial charge in [-0.2, -0.15) is 0 Å². The number of hydrogen-bond acceptors (Lipinski definition) is 5. The van der Waals surface area contributed by atoms with Crippen molar-refractivity contribution < 1.29 is 14.3 Å². The predicted molar refractivity (Wildman–Crippen MR) is 159 cm³/mol. The number of benzene rings is 2. The molecule has 0 heterocycles. The molecule has 2 fully saturated rings. The maximum Gasteiger partial charge on any atom is 0.347 e. The zero-order chi connectivity index (χ0) is 27.9. The van der Waals surface area contributed by atoms with Crippen LogP contribution >= 0.6 is 0 Å². The van der Waals surface area contributed by atoms with E-state index in [0.717, 1.165) is 36.0 Å². The van der Waals surface area contributed by atoms with E-state index in [1.54, 1.807) is 12.1 Å². The van der Waals surface area contributed by atoms with Gasteiger partial charge in [0.05, 0.1) is 12.8 Å². The Morgan fingerprint density at radius 3 is 2.59 bits per heavy atom. The van der Waals surface area contributed by atoms with Gasteiger partial charge in [0.1, 0.15) is 11.3 Å². The number of carbonyl (C=O) groups excluding carboxylic acids is 1. The molecule has 3 aliphatic rings. The Bertz CT molecular complexity index is 1210. The third-order valence-electron chi connectivity index (χ3n) is 10.7. The molecule has 0 saturated heterocycles. The van der Waals surface area contributed by atoms with Crippen LogP contribution in [0.1, 0.15) is 106 Å². The highest BCUT2D eigenvalue weighted by Gasteiger charge is 2.55. The Kier molecular flexibility index (Phi) is 7.90. The fourth-order valence-electron chi connectivity index (χ4n) is 8.86. The Labute approximate surface area is 235 Å². The SMILES string of the molecule is COc1c(N)cc(N)cc1C(=O)Oc1ccc2c(c1)CCC1C2CCC2(C)C(C(C)CCCC(C)C)CCC12. The lowest BCUT2D eigenvalue weighted by molar-refractivity contribution is 0.00967. The van der Waals surface area contributed by atoms with Crippen LogP contribution in [0.5, 0.6) is 11.5 Å². The van der Waals surface area contributed by atoms with Crippen molar-refractivity contribution in [1.82, 2.24) is 0 Å². The van der Waals surface area contributed by atoms with Crippen molar-refractivity contribution in [1.29, 1.82) is 0 Å². The first-order valence-corrected chi connectivity index (χ1v) is 15.2. The summed E-state index contributed by atoms with van der Waals surface area (Å²) in [6.45, 7) is 9.87. The molecule has 0 aliphatic heterocycles. The van der Waals surface area contributed by atoms with Crippen molar-refractivity contribution in [3.8, 4) is 11.5 Å². The summed E-state index contributed by atoms with van der Waals surface area (Å²) in [5.41, 5.74) is 16.2. The summed E-state index contributed by atoms with van der Waals surface area (Å²) in [7, 11) is 1.49. The summed E-state index contributed by atoms with van der Waals surface area (Å²) < 4.78 is 11.1. The molecule has 0 aromatic heterocycles. The average Bonchev–Trinajstić information content (AvgIpc) is 3.25. The van der Waals surface area contributed by atoms with Crippen molar-refractivity contribution in [3.63, 3.8) is 0 Å². The summed E-state index contributed by atoms with van der Waals surface area (Å²) in [5.74, 6) is 5.10. The lowest BCUT2D eigenvalue weighted by Crippen LogP contribution is -2.43. The zero-order valence-electron chi connectivity index (χ0n) is 24.6. The second-order valence-corrected chi connectivity index (χ2v) is 13.4. The topological polar surface area (TPSA) is 87.6 Å². The molecule has 4 N–H and O–H groups in total. The molecule has 39 heavy (non-hydrogen) atoms. The number of anilines is 2. The minimum Gasteiger partial charge on any atom is -0.494 e. The number of nitrogen functional groups attached to an aromatic ring is 2. The van der Waals surface area contributed by atoms with Gasteiger partial charge in [-0.05, 0) is 115 Å². The number of aryl methyl sites for hydroxylation is 1. The maximum absolute atomic E-state index is 13.0. The van der Waals surface area contributed by atoms with Gasteiger partial charge >= 0.3 is 5.97 Å². The van der Waals surface area contributed by atoms with Gasteiger partial charge in [-0.15, -0.1) is 0 Å². The van der Waals surface area contributed by atoms with Crippen molar-refractivity contribution in [3.05, 3.63) is 47.0 Å². The Balaban J connectivity index is 1.29. The minimum atomic E-state index is -0.507. The summed E-state index contributed by atoms with van der Waals surface area (Å²) in [5, 5.41) is 0. The molecule has 0 bridgehead atoms. The second-order valence-electron chi connectivity index (χ2n) is 13.4. The van der Waals surface area contributed by atoms with E-state index in [1.807, 2.05) is 6.07 Å². The molecule has 6 unspecified atom stereocenters. The van der Waals surface area contributed by atoms with Crippen LogP contribution < -0.4 is 20.9 Å². The first kappa shape index (κ1) is 27.9. The second kappa shape index (κ2) is 11.1. The minimum absolute atomic E-state index is 0.244. The molecule has 5 rings (SSSR count). The van der Waals surface area contributed by atoms with Gasteiger partial charge in [0.15, 0.2) is 5.75 Å². The smallest absolute Gasteiger partial charge is 0.347 e. The third kappa shape index (κ3) is 5.26. The molecule has 0 spiro atoms. The number of nitrogens with two attached hydrogens (primary N) is 2. The van der Waals surface area contributed by atoms with Crippen molar-refractivity contribution in [2.45, 2.75) is 91.4 Å². The van der Waals surface area contributed by atoms with Crippen LogP contribution in [0, 0.1) is 35.0 Å². The van der Waals surface area contributed by atoms with Crippen molar-refractivity contribution >= 4 is 17.3 Å². The van der Waals surface area contributed by atoms with E-state index >= 15 is 0 Å². The largest absolute Gasteiger partial charge is 0.494 e. The summed E-state index contributed by atoms with van der Waals surface area (Å²) in [6.07, 6.45) is 11.8. The summed E-state index contributed by atoms with van der Waals surface area (Å²) >= 11 is 0. The van der Waals surface area contributed by atoms with Crippen LogP contribution in [0.15, 0.2) is 30.3 Å². The molecule has 0 amide bonds. The lowest BCUT2D eigenvalue weighted by atomic mass is 9.53. The van der Waals surface area contributed by atoms with Crippen LogP contribution in [0.2, 0.25) is 0 Å². The molecule has 5 heteroatoms. The molecular formula is C34H48N2O3. The number of fused-ring (bicyclic) bond motifs is 5. The van der Waals surface area contributed by atoms with E-state index in [4.69, 9.17) is 20.9 Å². The fourth-order valence-corrected chi connectivity index (χ4v) is 8.86. The molecule has 6 atom stereocenters. The van der Waals surface area contributed by atoms with Crippen molar-refractivity contribution in [2.75, 3.05) is 18.6 Å². The van der Waals surface area contributed by atoms with Gasteiger partial charge in [0, 0.05) is 5.69 Å². The van der Waals surface area contributed by atoms with E-state index in [9.17, 15) is 4.79 Å². The third-order valence-corrected chi connectivity index (χ3v) is 10.7. The fraction of sp³-hybridized carbons (Fsp3) is 0.618. The van der Waals surface area contributed by atoms with Gasteiger partial charge in [0.2, 0.25) is 0 Å². The van der Waals surface area contributed by atoms with Crippen LogP contribution in [0.3, 0.4) is 0 Å². The van der Waals surface area contributed by atoms with E-state index in [2.05, 4.69) is 39.8 Å². The molecule has 2 aromatic carbocycles. The summed E-state index contributed by atoms with van der Waals surface area (Å²) in [4.78, 5) is 13.0. The number of esters is 1. The van der Waals surface area contributed by atoms with E-state index < -0.39 is 5.97 Å². The van der Waals surface area contributed by atoms with Gasteiger partial charge < -0.3 is 20.9 Å². The molecule has 2 saturated carbocycles. The lowest BCUT2D eigenvalue weighted by Gasteiger charge is -2.52.